The van der Waals surface area contributed by atoms with Crippen molar-refractivity contribution < 1.29 is 23.9 Å². The van der Waals surface area contributed by atoms with E-state index in [1.165, 1.54) is 6.92 Å². The SMILES string of the molecule is CC(=O)OC(CC(C)C)C1=CC(=O)OC1=O. The first-order valence-electron chi connectivity index (χ1n) is 5.05. The molecule has 0 aromatic rings. The Kier molecular flexibility index (Phi) is 3.82. The van der Waals surface area contributed by atoms with Crippen molar-refractivity contribution in [3.05, 3.63) is 11.6 Å². The molecule has 1 atom stereocenters. The highest BCUT2D eigenvalue weighted by Gasteiger charge is 2.32. The van der Waals surface area contributed by atoms with Crippen LogP contribution in [-0.2, 0) is 23.9 Å². The Morgan fingerprint density at radius 3 is 2.44 bits per heavy atom. The maximum absolute atomic E-state index is 11.3. The zero-order chi connectivity index (χ0) is 12.3. The Morgan fingerprint density at radius 2 is 2.06 bits per heavy atom. The second kappa shape index (κ2) is 4.92. The second-order valence-corrected chi connectivity index (χ2v) is 4.04. The summed E-state index contributed by atoms with van der Waals surface area (Å²) in [4.78, 5) is 33.1. The van der Waals surface area contributed by atoms with Gasteiger partial charge in [-0.2, -0.15) is 0 Å². The van der Waals surface area contributed by atoms with E-state index in [0.717, 1.165) is 6.08 Å². The summed E-state index contributed by atoms with van der Waals surface area (Å²) in [6.07, 6.45) is 0.864. The summed E-state index contributed by atoms with van der Waals surface area (Å²) >= 11 is 0. The largest absolute Gasteiger partial charge is 0.457 e. The van der Waals surface area contributed by atoms with Gasteiger partial charge in [0.1, 0.15) is 6.10 Å². The number of carbonyl (C=O) groups is 3. The maximum Gasteiger partial charge on any atom is 0.345 e. The number of hydrogen-bond donors (Lipinski definition) is 0. The van der Waals surface area contributed by atoms with E-state index in [1.807, 2.05) is 13.8 Å². The smallest absolute Gasteiger partial charge is 0.345 e. The van der Waals surface area contributed by atoms with Crippen LogP contribution < -0.4 is 0 Å². The molecule has 0 N–H and O–H groups in total. The van der Waals surface area contributed by atoms with Gasteiger partial charge in [-0.05, 0) is 12.3 Å². The number of cyclic esters (lactones) is 2. The van der Waals surface area contributed by atoms with Crippen molar-refractivity contribution in [2.75, 3.05) is 0 Å². The zero-order valence-corrected chi connectivity index (χ0v) is 9.48. The predicted molar refractivity (Wildman–Crippen MR) is 54.2 cm³/mol. The summed E-state index contributed by atoms with van der Waals surface area (Å²) in [5, 5.41) is 0. The molecule has 0 aromatic heterocycles. The molecule has 0 saturated heterocycles. The van der Waals surface area contributed by atoms with E-state index >= 15 is 0 Å². The van der Waals surface area contributed by atoms with E-state index in [1.54, 1.807) is 0 Å². The molecule has 16 heavy (non-hydrogen) atoms. The fraction of sp³-hybridized carbons (Fsp3) is 0.545. The zero-order valence-electron chi connectivity index (χ0n) is 9.48. The van der Waals surface area contributed by atoms with E-state index in [0.29, 0.717) is 6.42 Å². The number of carbonyl (C=O) groups excluding carboxylic acids is 3. The molecule has 88 valence electrons. The first-order chi connectivity index (χ1) is 7.40. The highest BCUT2D eigenvalue weighted by Crippen LogP contribution is 2.21. The lowest BCUT2D eigenvalue weighted by molar-refractivity contribution is -0.152. The highest BCUT2D eigenvalue weighted by molar-refractivity contribution is 6.09. The van der Waals surface area contributed by atoms with Gasteiger partial charge >= 0.3 is 17.9 Å². The molecule has 1 aliphatic rings. The van der Waals surface area contributed by atoms with Gasteiger partial charge in [0.05, 0.1) is 5.57 Å². The summed E-state index contributed by atoms with van der Waals surface area (Å²) in [6, 6.07) is 0. The van der Waals surface area contributed by atoms with Gasteiger partial charge in [-0.1, -0.05) is 13.8 Å². The number of ether oxygens (including phenoxy) is 2. The number of esters is 3. The van der Waals surface area contributed by atoms with Crippen LogP contribution in [0.25, 0.3) is 0 Å². The van der Waals surface area contributed by atoms with E-state index < -0.39 is 24.0 Å². The van der Waals surface area contributed by atoms with Crippen LogP contribution in [0, 0.1) is 5.92 Å². The third-order valence-electron chi connectivity index (χ3n) is 2.04. The average Bonchev–Trinajstić information content (AvgIpc) is 2.42. The van der Waals surface area contributed by atoms with Gasteiger partial charge in [-0.3, -0.25) is 4.79 Å². The lowest BCUT2D eigenvalue weighted by atomic mass is 10.00. The van der Waals surface area contributed by atoms with E-state index in [2.05, 4.69) is 4.74 Å². The van der Waals surface area contributed by atoms with Crippen molar-refractivity contribution in [3.63, 3.8) is 0 Å². The van der Waals surface area contributed by atoms with Crippen molar-refractivity contribution in [2.45, 2.75) is 33.3 Å². The molecule has 1 heterocycles. The molecule has 1 aliphatic heterocycles. The van der Waals surface area contributed by atoms with Gasteiger partial charge in [-0.15, -0.1) is 0 Å². The molecule has 0 spiro atoms. The van der Waals surface area contributed by atoms with Crippen LogP contribution in [0.3, 0.4) is 0 Å². The summed E-state index contributed by atoms with van der Waals surface area (Å²) in [6.45, 7) is 5.12. The second-order valence-electron chi connectivity index (χ2n) is 4.04. The van der Waals surface area contributed by atoms with E-state index in [-0.39, 0.29) is 11.5 Å². The Hall–Kier alpha value is -1.65. The molecule has 1 unspecified atom stereocenters. The third-order valence-corrected chi connectivity index (χ3v) is 2.04. The predicted octanol–water partition coefficient (Wildman–Crippen LogP) is 0.974. The van der Waals surface area contributed by atoms with Gasteiger partial charge in [0.25, 0.3) is 0 Å². The van der Waals surface area contributed by atoms with Crippen LogP contribution in [0.1, 0.15) is 27.2 Å². The molecule has 0 aliphatic carbocycles. The van der Waals surface area contributed by atoms with E-state index in [9.17, 15) is 14.4 Å². The fourth-order valence-corrected chi connectivity index (χ4v) is 1.46. The molecular weight excluding hydrogens is 212 g/mol. The van der Waals surface area contributed by atoms with Crippen molar-refractivity contribution in [1.29, 1.82) is 0 Å². The van der Waals surface area contributed by atoms with Crippen LogP contribution in [0.5, 0.6) is 0 Å². The topological polar surface area (TPSA) is 69.7 Å². The number of rotatable bonds is 4. The van der Waals surface area contributed by atoms with Crippen molar-refractivity contribution in [1.82, 2.24) is 0 Å². The van der Waals surface area contributed by atoms with Gasteiger partial charge in [0.15, 0.2) is 0 Å². The molecule has 5 heteroatoms. The average molecular weight is 226 g/mol. The van der Waals surface area contributed by atoms with Crippen molar-refractivity contribution >= 4 is 17.9 Å². The number of hydrogen-bond acceptors (Lipinski definition) is 5. The van der Waals surface area contributed by atoms with Crippen LogP contribution >= 0.6 is 0 Å². The molecule has 0 saturated carbocycles. The normalized spacial score (nSPS) is 17.1. The summed E-state index contributed by atoms with van der Waals surface area (Å²) in [5.74, 6) is -1.69. The molecule has 0 radical (unpaired) electrons. The first-order valence-corrected chi connectivity index (χ1v) is 5.05. The summed E-state index contributed by atoms with van der Waals surface area (Å²) in [5.41, 5.74) is 0.119. The minimum absolute atomic E-state index is 0.119. The van der Waals surface area contributed by atoms with Crippen molar-refractivity contribution in [3.8, 4) is 0 Å². The van der Waals surface area contributed by atoms with Crippen molar-refractivity contribution in [2.24, 2.45) is 5.92 Å². The Labute approximate surface area is 93.4 Å². The molecule has 0 aromatic carbocycles. The first kappa shape index (κ1) is 12.4. The molecule has 5 nitrogen and oxygen atoms in total. The third kappa shape index (κ3) is 3.18. The van der Waals surface area contributed by atoms with Crippen LogP contribution in [0.4, 0.5) is 0 Å². The summed E-state index contributed by atoms with van der Waals surface area (Å²) in [7, 11) is 0. The highest BCUT2D eigenvalue weighted by atomic mass is 16.6. The molecular formula is C11H14O5. The van der Waals surface area contributed by atoms with Gasteiger partial charge < -0.3 is 9.47 Å². The minimum atomic E-state index is -0.725. The van der Waals surface area contributed by atoms with Gasteiger partial charge in [0.2, 0.25) is 0 Å². The quantitative estimate of drug-likeness (QED) is 0.527. The Morgan fingerprint density at radius 1 is 1.44 bits per heavy atom. The Balaban J connectivity index is 2.83. The van der Waals surface area contributed by atoms with E-state index in [4.69, 9.17) is 4.74 Å². The lowest BCUT2D eigenvalue weighted by Crippen LogP contribution is -2.24. The van der Waals surface area contributed by atoms with Crippen LogP contribution in [-0.4, -0.2) is 24.0 Å². The fourth-order valence-electron chi connectivity index (χ4n) is 1.46. The monoisotopic (exact) mass is 226 g/mol. The molecule has 1 rings (SSSR count). The van der Waals surface area contributed by atoms with Crippen LogP contribution in [0.15, 0.2) is 11.6 Å². The standard InChI is InChI=1S/C11H14O5/c1-6(2)4-9(15-7(3)12)8-5-10(13)16-11(8)14/h5-6,9H,4H2,1-3H3. The van der Waals surface area contributed by atoms with Gasteiger partial charge in [0, 0.05) is 13.0 Å². The molecule has 0 amide bonds. The van der Waals surface area contributed by atoms with Gasteiger partial charge in [-0.25, -0.2) is 9.59 Å². The van der Waals surface area contributed by atoms with Crippen LogP contribution in [0.2, 0.25) is 0 Å². The summed E-state index contributed by atoms with van der Waals surface area (Å²) < 4.78 is 9.36. The maximum atomic E-state index is 11.3. The molecule has 0 fully saturated rings. The molecule has 0 bridgehead atoms. The minimum Gasteiger partial charge on any atom is -0.457 e. The Bertz CT molecular complexity index is 353. The lowest BCUT2D eigenvalue weighted by Gasteiger charge is -2.18.